The van der Waals surface area contributed by atoms with Crippen LogP contribution in [0.4, 0.5) is 5.95 Å². The van der Waals surface area contributed by atoms with Crippen molar-refractivity contribution in [3.8, 4) is 17.0 Å². The Morgan fingerprint density at radius 2 is 1.90 bits per heavy atom. The predicted octanol–water partition coefficient (Wildman–Crippen LogP) is 4.17. The predicted molar refractivity (Wildman–Crippen MR) is 86.8 cm³/mol. The first-order valence-corrected chi connectivity index (χ1v) is 7.43. The normalized spacial score (nSPS) is 10.7. The van der Waals surface area contributed by atoms with Gasteiger partial charge in [-0.2, -0.15) is 0 Å². The molecule has 1 aromatic heterocycles. The van der Waals surface area contributed by atoms with Gasteiger partial charge in [0.05, 0.1) is 23.5 Å². The number of unbranched alkanes of at least 4 members (excludes halogenated alkanes) is 1. The Morgan fingerprint density at radius 3 is 2.52 bits per heavy atom. The quantitative estimate of drug-likeness (QED) is 0.842. The van der Waals surface area contributed by atoms with E-state index < -0.39 is 0 Å². The fourth-order valence-electron chi connectivity index (χ4n) is 2.22. The molecule has 0 saturated carbocycles. The largest absolute Gasteiger partial charge is 0.493 e. The van der Waals surface area contributed by atoms with Crippen LogP contribution < -0.4 is 10.5 Å². The van der Waals surface area contributed by atoms with Crippen LogP contribution in [0.1, 0.15) is 30.9 Å². The average Bonchev–Trinajstić information content (AvgIpc) is 2.44. The van der Waals surface area contributed by atoms with Gasteiger partial charge < -0.3 is 10.5 Å². The topological polar surface area (TPSA) is 61.0 Å². The van der Waals surface area contributed by atoms with Crippen LogP contribution in [0.5, 0.6) is 5.75 Å². The Labute approximate surface area is 130 Å². The zero-order valence-corrected chi connectivity index (χ0v) is 13.4. The summed E-state index contributed by atoms with van der Waals surface area (Å²) in [6.45, 7) is 6.93. The van der Waals surface area contributed by atoms with E-state index in [1.165, 1.54) is 6.20 Å². The summed E-state index contributed by atoms with van der Waals surface area (Å²) in [5.74, 6) is 1.15. The van der Waals surface area contributed by atoms with Gasteiger partial charge in [-0.15, -0.1) is 0 Å². The van der Waals surface area contributed by atoms with Crippen LogP contribution in [0.3, 0.4) is 0 Å². The molecule has 0 radical (unpaired) electrons. The third-order valence-corrected chi connectivity index (χ3v) is 3.52. The number of rotatable bonds is 5. The van der Waals surface area contributed by atoms with E-state index in [0.29, 0.717) is 10.7 Å². The Bertz CT molecular complexity index is 620. The molecule has 2 aromatic rings. The number of hydrogen-bond donors (Lipinski definition) is 1. The van der Waals surface area contributed by atoms with E-state index in [9.17, 15) is 0 Å². The number of benzene rings is 1. The second-order valence-corrected chi connectivity index (χ2v) is 5.47. The maximum atomic E-state index is 6.17. The maximum Gasteiger partial charge on any atom is 0.220 e. The molecule has 0 amide bonds. The van der Waals surface area contributed by atoms with Crippen molar-refractivity contribution in [3.05, 3.63) is 34.5 Å². The summed E-state index contributed by atoms with van der Waals surface area (Å²) >= 11 is 6.17. The molecule has 0 aliphatic rings. The van der Waals surface area contributed by atoms with Gasteiger partial charge in [0.15, 0.2) is 0 Å². The summed E-state index contributed by atoms with van der Waals surface area (Å²) in [6.07, 6.45) is 3.69. The molecule has 0 aliphatic heterocycles. The maximum absolute atomic E-state index is 6.17. The lowest BCUT2D eigenvalue weighted by Gasteiger charge is -2.14. The molecule has 0 saturated heterocycles. The smallest absolute Gasteiger partial charge is 0.220 e. The highest BCUT2D eigenvalue weighted by Gasteiger charge is 2.12. The minimum atomic E-state index is 0.216. The molecule has 0 bridgehead atoms. The van der Waals surface area contributed by atoms with Gasteiger partial charge in [0.1, 0.15) is 5.75 Å². The molecule has 0 fully saturated rings. The molecule has 0 unspecified atom stereocenters. The van der Waals surface area contributed by atoms with E-state index in [0.717, 1.165) is 41.9 Å². The second-order valence-electron chi connectivity index (χ2n) is 5.07. The molecule has 4 nitrogen and oxygen atoms in total. The Hall–Kier alpha value is -1.81. The number of ether oxygens (including phenoxy) is 1. The number of aromatic nitrogens is 2. The van der Waals surface area contributed by atoms with Gasteiger partial charge in [0.25, 0.3) is 0 Å². The highest BCUT2D eigenvalue weighted by Crippen LogP contribution is 2.32. The monoisotopic (exact) mass is 305 g/mol. The summed E-state index contributed by atoms with van der Waals surface area (Å²) in [7, 11) is 0. The number of hydrogen-bond acceptors (Lipinski definition) is 4. The van der Waals surface area contributed by atoms with Crippen molar-refractivity contribution >= 4 is 17.5 Å². The third-order valence-electron chi connectivity index (χ3n) is 3.24. The van der Waals surface area contributed by atoms with Gasteiger partial charge >= 0.3 is 0 Å². The Kier molecular flexibility index (Phi) is 5.02. The summed E-state index contributed by atoms with van der Waals surface area (Å²) in [4.78, 5) is 8.11. The van der Waals surface area contributed by atoms with Gasteiger partial charge in [0.2, 0.25) is 5.95 Å². The van der Waals surface area contributed by atoms with E-state index in [1.54, 1.807) is 0 Å². The van der Waals surface area contributed by atoms with Crippen molar-refractivity contribution in [2.45, 2.75) is 33.6 Å². The van der Waals surface area contributed by atoms with Gasteiger partial charge in [-0.25, -0.2) is 9.97 Å². The molecular formula is C16H20ClN3O. The van der Waals surface area contributed by atoms with E-state index in [1.807, 2.05) is 26.0 Å². The van der Waals surface area contributed by atoms with Crippen LogP contribution in [0, 0.1) is 13.8 Å². The fourth-order valence-corrected chi connectivity index (χ4v) is 2.42. The first-order chi connectivity index (χ1) is 10.0. The summed E-state index contributed by atoms with van der Waals surface area (Å²) in [5, 5.41) is 0.489. The standard InChI is InChI=1S/C16H20ClN3O/c1-4-5-6-21-15-10(2)7-12(8-11(15)3)14-13(17)9-19-16(18)20-14/h7-9H,4-6H2,1-3H3,(H2,18,19,20). The number of anilines is 1. The molecule has 1 aromatic carbocycles. The number of nitrogen functional groups attached to an aromatic ring is 1. The number of aryl methyl sites for hydroxylation is 2. The molecule has 1 heterocycles. The highest BCUT2D eigenvalue weighted by molar-refractivity contribution is 6.32. The lowest BCUT2D eigenvalue weighted by Crippen LogP contribution is -2.01. The number of nitrogens with two attached hydrogens (primary N) is 1. The molecule has 5 heteroatoms. The van der Waals surface area contributed by atoms with Crippen LogP contribution >= 0.6 is 11.6 Å². The van der Waals surface area contributed by atoms with Crippen LogP contribution in [0.25, 0.3) is 11.3 Å². The molecule has 21 heavy (non-hydrogen) atoms. The van der Waals surface area contributed by atoms with Crippen molar-refractivity contribution in [3.63, 3.8) is 0 Å². The Morgan fingerprint density at radius 1 is 1.24 bits per heavy atom. The van der Waals surface area contributed by atoms with Crippen molar-refractivity contribution in [1.29, 1.82) is 0 Å². The van der Waals surface area contributed by atoms with Crippen LogP contribution in [-0.2, 0) is 0 Å². The molecule has 2 rings (SSSR count). The number of halogens is 1. The molecular weight excluding hydrogens is 286 g/mol. The van der Waals surface area contributed by atoms with Crippen LogP contribution in [0.15, 0.2) is 18.3 Å². The third kappa shape index (κ3) is 3.64. The second kappa shape index (κ2) is 6.76. The molecule has 0 atom stereocenters. The SMILES string of the molecule is CCCCOc1c(C)cc(-c2nc(N)ncc2Cl)cc1C. The lowest BCUT2D eigenvalue weighted by atomic mass is 10.0. The zero-order chi connectivity index (χ0) is 15.4. The van der Waals surface area contributed by atoms with E-state index in [-0.39, 0.29) is 5.95 Å². The summed E-state index contributed by atoms with van der Waals surface area (Å²) in [5.41, 5.74) is 9.35. The fraction of sp³-hybridized carbons (Fsp3) is 0.375. The van der Waals surface area contributed by atoms with Gasteiger partial charge in [-0.3, -0.25) is 0 Å². The Balaban J connectivity index is 2.37. The highest BCUT2D eigenvalue weighted by atomic mass is 35.5. The van der Waals surface area contributed by atoms with E-state index >= 15 is 0 Å². The minimum absolute atomic E-state index is 0.216. The molecule has 0 aliphatic carbocycles. The van der Waals surface area contributed by atoms with Crippen molar-refractivity contribution in [1.82, 2.24) is 9.97 Å². The van der Waals surface area contributed by atoms with E-state index in [4.69, 9.17) is 22.1 Å². The summed E-state index contributed by atoms with van der Waals surface area (Å²) < 4.78 is 5.86. The summed E-state index contributed by atoms with van der Waals surface area (Å²) in [6, 6.07) is 4.03. The van der Waals surface area contributed by atoms with Crippen LogP contribution in [0.2, 0.25) is 5.02 Å². The lowest BCUT2D eigenvalue weighted by molar-refractivity contribution is 0.305. The average molecular weight is 306 g/mol. The number of nitrogens with zero attached hydrogens (tertiary/aromatic N) is 2. The molecule has 2 N–H and O–H groups in total. The minimum Gasteiger partial charge on any atom is -0.493 e. The van der Waals surface area contributed by atoms with Gasteiger partial charge in [-0.05, 0) is 43.5 Å². The first-order valence-electron chi connectivity index (χ1n) is 7.05. The van der Waals surface area contributed by atoms with Crippen molar-refractivity contribution in [2.75, 3.05) is 12.3 Å². The van der Waals surface area contributed by atoms with Crippen molar-refractivity contribution in [2.24, 2.45) is 0 Å². The van der Waals surface area contributed by atoms with Gasteiger partial charge in [-0.1, -0.05) is 24.9 Å². The van der Waals surface area contributed by atoms with E-state index in [2.05, 4.69) is 16.9 Å². The van der Waals surface area contributed by atoms with Crippen molar-refractivity contribution < 1.29 is 4.74 Å². The first kappa shape index (κ1) is 15.6. The molecule has 112 valence electrons. The van der Waals surface area contributed by atoms with Gasteiger partial charge in [0, 0.05) is 5.56 Å². The molecule has 0 spiro atoms. The van der Waals surface area contributed by atoms with Crippen LogP contribution in [-0.4, -0.2) is 16.6 Å². The zero-order valence-electron chi connectivity index (χ0n) is 12.6.